The molecule has 0 saturated carbocycles. The fraction of sp³-hybridized carbons (Fsp3) is 0.250. The maximum atomic E-state index is 13.5. The highest BCUT2D eigenvalue weighted by molar-refractivity contribution is 7.89. The number of nitrogens with zero attached hydrogens (tertiary/aromatic N) is 3. The molecule has 1 fully saturated rings. The highest BCUT2D eigenvalue weighted by atomic mass is 32.2. The zero-order chi connectivity index (χ0) is 22.0. The van der Waals surface area contributed by atoms with Crippen LogP contribution in [0.15, 0.2) is 53.4 Å². The quantitative estimate of drug-likeness (QED) is 0.623. The molecule has 1 aromatic heterocycles. The van der Waals surface area contributed by atoms with Gasteiger partial charge in [0.05, 0.1) is 4.90 Å². The zero-order valence-corrected chi connectivity index (χ0v) is 17.8. The summed E-state index contributed by atoms with van der Waals surface area (Å²) in [4.78, 5) is 12.3. The smallest absolute Gasteiger partial charge is 0.286 e. The lowest BCUT2D eigenvalue weighted by molar-refractivity contribution is 0.102. The molecule has 2 aromatic carbocycles. The van der Waals surface area contributed by atoms with Crippen LogP contribution in [0.3, 0.4) is 0 Å². The summed E-state index contributed by atoms with van der Waals surface area (Å²) in [5, 5.41) is 11.2. The van der Waals surface area contributed by atoms with Crippen LogP contribution >= 0.6 is 11.3 Å². The van der Waals surface area contributed by atoms with Crippen LogP contribution in [-0.4, -0.2) is 41.9 Å². The Morgan fingerprint density at radius 1 is 1.10 bits per heavy atom. The average Bonchev–Trinajstić information content (AvgIpc) is 3.24. The maximum absolute atomic E-state index is 13.5. The maximum Gasteiger partial charge on any atom is 0.286 e. The molecule has 1 aliphatic heterocycles. The third kappa shape index (κ3) is 4.78. The van der Waals surface area contributed by atoms with Gasteiger partial charge in [-0.15, -0.1) is 10.2 Å². The molecule has 0 unspecified atom stereocenters. The van der Waals surface area contributed by atoms with Gasteiger partial charge in [-0.3, -0.25) is 4.79 Å². The van der Waals surface area contributed by atoms with Crippen molar-refractivity contribution in [2.75, 3.05) is 18.4 Å². The fourth-order valence-electron chi connectivity index (χ4n) is 3.38. The summed E-state index contributed by atoms with van der Waals surface area (Å²) in [5.41, 5.74) is 0.298. The molecule has 162 valence electrons. The molecule has 7 nitrogen and oxygen atoms in total. The first-order chi connectivity index (χ1) is 14.8. The second-order valence-electron chi connectivity index (χ2n) is 7.07. The standard InChI is InChI=1S/C20H18F2N4O3S2/c21-14-5-1-7-16(10-14)23-18(27)20-25-24-19(30-20)13-4-3-9-26(12-13)31(28,29)17-8-2-6-15(22)11-17/h1-2,5-8,10-11,13H,3-4,9,12H2,(H,23,27)/t13-/m0/s1. The Hall–Kier alpha value is -2.76. The first kappa shape index (κ1) is 21.5. The monoisotopic (exact) mass is 464 g/mol. The van der Waals surface area contributed by atoms with Gasteiger partial charge in [-0.05, 0) is 49.2 Å². The predicted octanol–water partition coefficient (Wildman–Crippen LogP) is 3.64. The van der Waals surface area contributed by atoms with E-state index >= 15 is 0 Å². The normalized spacial score (nSPS) is 17.4. The van der Waals surface area contributed by atoms with Gasteiger partial charge in [-0.25, -0.2) is 17.2 Å². The van der Waals surface area contributed by atoms with Crippen LogP contribution in [0.4, 0.5) is 14.5 Å². The number of halogens is 2. The average molecular weight is 465 g/mol. The van der Waals surface area contributed by atoms with Gasteiger partial charge in [0.2, 0.25) is 15.0 Å². The molecule has 2 heterocycles. The van der Waals surface area contributed by atoms with Crippen LogP contribution < -0.4 is 5.32 Å². The van der Waals surface area contributed by atoms with E-state index in [1.807, 2.05) is 0 Å². The molecule has 1 amide bonds. The van der Waals surface area contributed by atoms with Crippen molar-refractivity contribution in [3.63, 3.8) is 0 Å². The minimum Gasteiger partial charge on any atom is -0.320 e. The zero-order valence-electron chi connectivity index (χ0n) is 16.2. The molecule has 0 spiro atoms. The Bertz CT molecular complexity index is 1220. The van der Waals surface area contributed by atoms with Gasteiger partial charge in [0.15, 0.2) is 0 Å². The second kappa shape index (κ2) is 8.77. The van der Waals surface area contributed by atoms with Gasteiger partial charge in [0, 0.05) is 24.7 Å². The summed E-state index contributed by atoms with van der Waals surface area (Å²) in [6.45, 7) is 0.486. The Kier molecular flexibility index (Phi) is 6.08. The fourth-order valence-corrected chi connectivity index (χ4v) is 5.80. The lowest BCUT2D eigenvalue weighted by Gasteiger charge is -2.30. The van der Waals surface area contributed by atoms with Crippen molar-refractivity contribution in [1.82, 2.24) is 14.5 Å². The van der Waals surface area contributed by atoms with Crippen LogP contribution in [0.1, 0.15) is 33.6 Å². The molecule has 1 atom stereocenters. The van der Waals surface area contributed by atoms with E-state index in [0.717, 1.165) is 17.4 Å². The molecule has 1 N–H and O–H groups in total. The van der Waals surface area contributed by atoms with Crippen LogP contribution in [0.5, 0.6) is 0 Å². The van der Waals surface area contributed by atoms with Gasteiger partial charge in [-0.2, -0.15) is 4.31 Å². The van der Waals surface area contributed by atoms with Crippen molar-refractivity contribution < 1.29 is 22.0 Å². The lowest BCUT2D eigenvalue weighted by Crippen LogP contribution is -2.39. The molecule has 11 heteroatoms. The number of nitrogens with one attached hydrogen (secondary N) is 1. The number of carbonyl (C=O) groups excluding carboxylic acids is 1. The highest BCUT2D eigenvalue weighted by Crippen LogP contribution is 2.32. The topological polar surface area (TPSA) is 92.3 Å². The van der Waals surface area contributed by atoms with Crippen molar-refractivity contribution in [3.05, 3.63) is 70.2 Å². The van der Waals surface area contributed by atoms with E-state index in [4.69, 9.17) is 0 Å². The van der Waals surface area contributed by atoms with Crippen LogP contribution in [0.2, 0.25) is 0 Å². The van der Waals surface area contributed by atoms with E-state index in [1.54, 1.807) is 6.07 Å². The first-order valence-electron chi connectivity index (χ1n) is 9.49. The number of carbonyl (C=O) groups is 1. The van der Waals surface area contributed by atoms with Gasteiger partial charge < -0.3 is 5.32 Å². The minimum absolute atomic E-state index is 0.0967. The van der Waals surface area contributed by atoms with E-state index in [0.29, 0.717) is 30.1 Å². The number of benzene rings is 2. The molecule has 4 rings (SSSR count). The van der Waals surface area contributed by atoms with Gasteiger partial charge in [0.25, 0.3) is 5.91 Å². The molecule has 1 aliphatic rings. The highest BCUT2D eigenvalue weighted by Gasteiger charge is 2.33. The third-order valence-electron chi connectivity index (χ3n) is 4.88. The number of hydrogen-bond acceptors (Lipinski definition) is 6. The molecule has 3 aromatic rings. The Balaban J connectivity index is 1.48. The van der Waals surface area contributed by atoms with E-state index in [1.165, 1.54) is 40.7 Å². The summed E-state index contributed by atoms with van der Waals surface area (Å²) in [5.74, 6) is -1.84. The number of amides is 1. The summed E-state index contributed by atoms with van der Waals surface area (Å²) in [7, 11) is -3.84. The molecule has 0 bridgehead atoms. The molecular weight excluding hydrogens is 446 g/mol. The molecule has 1 saturated heterocycles. The van der Waals surface area contributed by atoms with Crippen molar-refractivity contribution in [2.45, 2.75) is 23.7 Å². The van der Waals surface area contributed by atoms with E-state index < -0.39 is 27.6 Å². The number of anilines is 1. The number of hydrogen-bond donors (Lipinski definition) is 1. The molecule has 31 heavy (non-hydrogen) atoms. The second-order valence-corrected chi connectivity index (χ2v) is 10.0. The number of piperidine rings is 1. The van der Waals surface area contributed by atoms with Crippen molar-refractivity contribution >= 4 is 33.0 Å². The van der Waals surface area contributed by atoms with E-state index in [2.05, 4.69) is 15.5 Å². The van der Waals surface area contributed by atoms with E-state index in [-0.39, 0.29) is 22.4 Å². The predicted molar refractivity (Wildman–Crippen MR) is 111 cm³/mol. The van der Waals surface area contributed by atoms with Crippen molar-refractivity contribution in [1.29, 1.82) is 0 Å². The van der Waals surface area contributed by atoms with Crippen molar-refractivity contribution in [3.8, 4) is 0 Å². The van der Waals surface area contributed by atoms with Gasteiger partial charge in [-0.1, -0.05) is 23.5 Å². The minimum atomic E-state index is -3.84. The van der Waals surface area contributed by atoms with Crippen molar-refractivity contribution in [2.24, 2.45) is 0 Å². The van der Waals surface area contributed by atoms with E-state index in [9.17, 15) is 22.0 Å². The molecule has 0 radical (unpaired) electrons. The largest absolute Gasteiger partial charge is 0.320 e. The SMILES string of the molecule is O=C(Nc1cccc(F)c1)c1nnc([C@H]2CCCN(S(=O)(=O)c3cccc(F)c3)C2)s1. The lowest BCUT2D eigenvalue weighted by atomic mass is 10.0. The summed E-state index contributed by atoms with van der Waals surface area (Å²) in [6, 6.07) is 10.4. The summed E-state index contributed by atoms with van der Waals surface area (Å²) >= 11 is 1.07. The Morgan fingerprint density at radius 2 is 1.84 bits per heavy atom. The van der Waals surface area contributed by atoms with Crippen LogP contribution in [-0.2, 0) is 10.0 Å². The first-order valence-corrected chi connectivity index (χ1v) is 11.7. The summed E-state index contributed by atoms with van der Waals surface area (Å²) < 4.78 is 53.9. The van der Waals surface area contributed by atoms with Gasteiger partial charge in [0.1, 0.15) is 16.6 Å². The Morgan fingerprint density at radius 3 is 2.58 bits per heavy atom. The molecule has 0 aliphatic carbocycles. The number of sulfonamides is 1. The Labute approximate surface area is 181 Å². The van der Waals surface area contributed by atoms with Crippen LogP contribution in [0, 0.1) is 11.6 Å². The molecular formula is C20H18F2N4O3S2. The number of aromatic nitrogens is 2. The third-order valence-corrected chi connectivity index (χ3v) is 7.83. The number of rotatable bonds is 5. The van der Waals surface area contributed by atoms with Crippen LogP contribution in [0.25, 0.3) is 0 Å². The van der Waals surface area contributed by atoms with Gasteiger partial charge >= 0.3 is 0 Å². The summed E-state index contributed by atoms with van der Waals surface area (Å²) in [6.07, 6.45) is 1.29.